The lowest BCUT2D eigenvalue weighted by molar-refractivity contribution is -0.126. The number of amides is 1. The van der Waals surface area contributed by atoms with Gasteiger partial charge in [-0.3, -0.25) is 4.79 Å². The molecule has 0 radical (unpaired) electrons. The van der Waals surface area contributed by atoms with Crippen LogP contribution in [0.2, 0.25) is 0 Å². The van der Waals surface area contributed by atoms with Crippen LogP contribution in [0.25, 0.3) is 0 Å². The van der Waals surface area contributed by atoms with E-state index in [9.17, 15) is 13.2 Å². The van der Waals surface area contributed by atoms with Gasteiger partial charge in [-0.15, -0.1) is 0 Å². The third-order valence-electron chi connectivity index (χ3n) is 3.86. The molecule has 1 aliphatic rings. The minimum atomic E-state index is -3.63. The standard InChI is InChI=1S/C15H22N2O5S/c1-22-13-4-6-14(7-5-13)23(20,21)17-9-2-3-12(11-17)15(19)16-8-10-18/h4-7,12,18H,2-3,8-11H2,1H3,(H,16,19). The molecule has 7 nitrogen and oxygen atoms in total. The van der Waals surface area contributed by atoms with E-state index in [1.54, 1.807) is 12.1 Å². The van der Waals surface area contributed by atoms with Crippen LogP contribution < -0.4 is 10.1 Å². The minimum Gasteiger partial charge on any atom is -0.497 e. The van der Waals surface area contributed by atoms with Crippen molar-refractivity contribution in [1.29, 1.82) is 0 Å². The van der Waals surface area contributed by atoms with Gasteiger partial charge in [0.05, 0.1) is 24.5 Å². The molecule has 1 amide bonds. The molecular weight excluding hydrogens is 320 g/mol. The third kappa shape index (κ3) is 4.21. The molecule has 128 valence electrons. The molecule has 1 aliphatic heterocycles. The summed E-state index contributed by atoms with van der Waals surface area (Å²) in [6.07, 6.45) is 1.28. The van der Waals surface area contributed by atoms with Gasteiger partial charge in [-0.25, -0.2) is 8.42 Å². The minimum absolute atomic E-state index is 0.133. The van der Waals surface area contributed by atoms with Crippen LogP contribution in [0.3, 0.4) is 0 Å². The van der Waals surface area contributed by atoms with E-state index in [2.05, 4.69) is 5.32 Å². The van der Waals surface area contributed by atoms with E-state index in [0.717, 1.165) is 0 Å². The van der Waals surface area contributed by atoms with Gasteiger partial charge in [-0.05, 0) is 37.1 Å². The zero-order valence-corrected chi connectivity index (χ0v) is 13.9. The van der Waals surface area contributed by atoms with E-state index >= 15 is 0 Å². The Hall–Kier alpha value is -1.64. The number of hydrogen-bond donors (Lipinski definition) is 2. The van der Waals surface area contributed by atoms with Crippen LogP contribution in [0.15, 0.2) is 29.2 Å². The number of rotatable bonds is 6. The number of piperidine rings is 1. The van der Waals surface area contributed by atoms with Gasteiger partial charge in [0.25, 0.3) is 0 Å². The first-order chi connectivity index (χ1) is 11.0. The van der Waals surface area contributed by atoms with Gasteiger partial charge in [-0.1, -0.05) is 0 Å². The Bertz CT molecular complexity index is 630. The summed E-state index contributed by atoms with van der Waals surface area (Å²) in [7, 11) is -2.11. The summed E-state index contributed by atoms with van der Waals surface area (Å²) in [5.41, 5.74) is 0. The van der Waals surface area contributed by atoms with Crippen molar-refractivity contribution >= 4 is 15.9 Å². The molecule has 1 fully saturated rings. The SMILES string of the molecule is COc1ccc(S(=O)(=O)N2CCCC(C(=O)NCCO)C2)cc1. The third-order valence-corrected chi connectivity index (χ3v) is 5.74. The maximum Gasteiger partial charge on any atom is 0.243 e. The first kappa shape index (κ1) is 17.7. The molecule has 0 bridgehead atoms. The number of sulfonamides is 1. The highest BCUT2D eigenvalue weighted by Crippen LogP contribution is 2.25. The summed E-state index contributed by atoms with van der Waals surface area (Å²) in [5, 5.41) is 11.4. The highest BCUT2D eigenvalue weighted by molar-refractivity contribution is 7.89. The van der Waals surface area contributed by atoms with E-state index in [1.807, 2.05) is 0 Å². The van der Waals surface area contributed by atoms with Crippen molar-refractivity contribution < 1.29 is 23.1 Å². The first-order valence-electron chi connectivity index (χ1n) is 7.52. The summed E-state index contributed by atoms with van der Waals surface area (Å²) in [5.74, 6) is -0.0131. The molecular formula is C15H22N2O5S. The van der Waals surface area contributed by atoms with Crippen molar-refractivity contribution in [3.8, 4) is 5.75 Å². The summed E-state index contributed by atoms with van der Waals surface area (Å²) in [4.78, 5) is 12.2. The van der Waals surface area contributed by atoms with Crippen molar-refractivity contribution in [2.45, 2.75) is 17.7 Å². The zero-order chi connectivity index (χ0) is 16.9. The molecule has 0 aliphatic carbocycles. The summed E-state index contributed by atoms with van der Waals surface area (Å²) in [6, 6.07) is 6.21. The number of benzene rings is 1. The van der Waals surface area contributed by atoms with E-state index in [1.165, 1.54) is 23.5 Å². The second-order valence-corrected chi connectivity index (χ2v) is 7.33. The fourth-order valence-corrected chi connectivity index (χ4v) is 4.12. The van der Waals surface area contributed by atoms with Crippen LogP contribution in [-0.4, -0.2) is 57.1 Å². The van der Waals surface area contributed by atoms with E-state index in [0.29, 0.717) is 25.1 Å². The Morgan fingerprint density at radius 3 is 2.70 bits per heavy atom. The summed E-state index contributed by atoms with van der Waals surface area (Å²) >= 11 is 0. The number of nitrogens with zero attached hydrogens (tertiary/aromatic N) is 1. The van der Waals surface area contributed by atoms with E-state index in [-0.39, 0.29) is 36.4 Å². The number of carbonyl (C=O) groups excluding carboxylic acids is 1. The fraction of sp³-hybridized carbons (Fsp3) is 0.533. The molecule has 1 heterocycles. The zero-order valence-electron chi connectivity index (χ0n) is 13.1. The Labute approximate surface area is 136 Å². The molecule has 1 saturated heterocycles. The lowest BCUT2D eigenvalue weighted by Crippen LogP contribution is -2.45. The van der Waals surface area contributed by atoms with Crippen LogP contribution in [-0.2, 0) is 14.8 Å². The van der Waals surface area contributed by atoms with E-state index < -0.39 is 10.0 Å². The average molecular weight is 342 g/mol. The van der Waals surface area contributed by atoms with Crippen LogP contribution >= 0.6 is 0 Å². The smallest absolute Gasteiger partial charge is 0.243 e. The number of aliphatic hydroxyl groups is 1. The van der Waals surface area contributed by atoms with Gasteiger partial charge in [0.2, 0.25) is 15.9 Å². The van der Waals surface area contributed by atoms with Gasteiger partial charge in [0, 0.05) is 19.6 Å². The number of aliphatic hydroxyl groups excluding tert-OH is 1. The van der Waals surface area contributed by atoms with Crippen LogP contribution in [0.1, 0.15) is 12.8 Å². The van der Waals surface area contributed by atoms with Crippen molar-refractivity contribution in [2.75, 3.05) is 33.4 Å². The average Bonchev–Trinajstić information content (AvgIpc) is 2.59. The van der Waals surface area contributed by atoms with Gasteiger partial charge in [0.1, 0.15) is 5.75 Å². The molecule has 2 N–H and O–H groups in total. The van der Waals surface area contributed by atoms with Gasteiger partial charge < -0.3 is 15.2 Å². The van der Waals surface area contributed by atoms with Crippen molar-refractivity contribution in [3.05, 3.63) is 24.3 Å². The maximum absolute atomic E-state index is 12.7. The Balaban J connectivity index is 2.10. The molecule has 1 aromatic rings. The van der Waals surface area contributed by atoms with Crippen LogP contribution in [0, 0.1) is 5.92 Å². The number of carbonyl (C=O) groups is 1. The van der Waals surface area contributed by atoms with Crippen molar-refractivity contribution in [2.24, 2.45) is 5.92 Å². The first-order valence-corrected chi connectivity index (χ1v) is 8.96. The topological polar surface area (TPSA) is 95.9 Å². The molecule has 1 unspecified atom stereocenters. The molecule has 1 atom stereocenters. The van der Waals surface area contributed by atoms with Crippen molar-refractivity contribution in [3.63, 3.8) is 0 Å². The second-order valence-electron chi connectivity index (χ2n) is 5.39. The number of hydrogen-bond acceptors (Lipinski definition) is 5. The Morgan fingerprint density at radius 2 is 2.09 bits per heavy atom. The monoisotopic (exact) mass is 342 g/mol. The van der Waals surface area contributed by atoms with Gasteiger partial charge >= 0.3 is 0 Å². The second kappa shape index (κ2) is 7.76. The molecule has 1 aromatic carbocycles. The Kier molecular flexibility index (Phi) is 5.97. The molecule has 0 saturated carbocycles. The lowest BCUT2D eigenvalue weighted by Gasteiger charge is -2.31. The van der Waals surface area contributed by atoms with Crippen molar-refractivity contribution in [1.82, 2.24) is 9.62 Å². The lowest BCUT2D eigenvalue weighted by atomic mass is 9.99. The van der Waals surface area contributed by atoms with E-state index in [4.69, 9.17) is 9.84 Å². The molecule has 0 spiro atoms. The van der Waals surface area contributed by atoms with Gasteiger partial charge in [0.15, 0.2) is 0 Å². The number of methoxy groups -OCH3 is 1. The number of nitrogens with one attached hydrogen (secondary N) is 1. The molecule has 23 heavy (non-hydrogen) atoms. The molecule has 0 aromatic heterocycles. The highest BCUT2D eigenvalue weighted by atomic mass is 32.2. The molecule has 8 heteroatoms. The normalized spacial score (nSPS) is 19.3. The largest absolute Gasteiger partial charge is 0.497 e. The van der Waals surface area contributed by atoms with Crippen LogP contribution in [0.5, 0.6) is 5.75 Å². The van der Waals surface area contributed by atoms with Crippen LogP contribution in [0.4, 0.5) is 0 Å². The predicted octanol–water partition coefficient (Wildman–Crippen LogP) is 0.204. The quantitative estimate of drug-likeness (QED) is 0.770. The summed E-state index contributed by atoms with van der Waals surface area (Å²) in [6.45, 7) is 0.608. The maximum atomic E-state index is 12.7. The molecule has 2 rings (SSSR count). The highest BCUT2D eigenvalue weighted by Gasteiger charge is 2.33. The number of ether oxygens (including phenoxy) is 1. The predicted molar refractivity (Wildman–Crippen MR) is 84.6 cm³/mol. The van der Waals surface area contributed by atoms with Gasteiger partial charge in [-0.2, -0.15) is 4.31 Å². The fourth-order valence-electron chi connectivity index (χ4n) is 2.59. The summed E-state index contributed by atoms with van der Waals surface area (Å²) < 4.78 is 31.7. The Morgan fingerprint density at radius 1 is 1.39 bits per heavy atom.